The molecule has 0 spiro atoms. The van der Waals surface area contributed by atoms with Gasteiger partial charge in [0.2, 0.25) is 0 Å². The lowest BCUT2D eigenvalue weighted by Crippen LogP contribution is -2.38. The minimum atomic E-state index is 0.516. The van der Waals surface area contributed by atoms with E-state index in [9.17, 15) is 0 Å². The molecule has 0 radical (unpaired) electrons. The Bertz CT molecular complexity index is 423. The summed E-state index contributed by atoms with van der Waals surface area (Å²) in [5, 5.41) is 0.867. The van der Waals surface area contributed by atoms with Crippen LogP contribution in [0.3, 0.4) is 0 Å². The van der Waals surface area contributed by atoms with E-state index in [1.807, 2.05) is 0 Å². The highest BCUT2D eigenvalue weighted by Gasteiger charge is 2.28. The van der Waals surface area contributed by atoms with Crippen molar-refractivity contribution in [2.24, 2.45) is 11.1 Å². The standard InChI is InChI=1S/C16H25ClN2/c1-3-16(2)7-10-19(11-8-16)15-5-4-13(6-9-18)12-14(15)17/h4-5,12H,3,6-11,18H2,1-2H3. The van der Waals surface area contributed by atoms with Crippen LogP contribution in [0.1, 0.15) is 38.7 Å². The molecule has 0 atom stereocenters. The maximum atomic E-state index is 6.42. The molecular weight excluding hydrogens is 256 g/mol. The van der Waals surface area contributed by atoms with E-state index in [-0.39, 0.29) is 0 Å². The van der Waals surface area contributed by atoms with Gasteiger partial charge in [0, 0.05) is 13.1 Å². The zero-order valence-corrected chi connectivity index (χ0v) is 12.8. The van der Waals surface area contributed by atoms with Gasteiger partial charge in [-0.05, 0) is 48.9 Å². The van der Waals surface area contributed by atoms with E-state index in [0.717, 1.165) is 24.5 Å². The van der Waals surface area contributed by atoms with Crippen molar-refractivity contribution in [2.45, 2.75) is 39.5 Å². The number of hydrogen-bond acceptors (Lipinski definition) is 2. The second-order valence-electron chi connectivity index (χ2n) is 5.98. The molecule has 1 heterocycles. The molecular formula is C16H25ClN2. The van der Waals surface area contributed by atoms with Crippen molar-refractivity contribution in [3.63, 3.8) is 0 Å². The topological polar surface area (TPSA) is 29.3 Å². The van der Waals surface area contributed by atoms with Crippen molar-refractivity contribution >= 4 is 17.3 Å². The van der Waals surface area contributed by atoms with Crippen molar-refractivity contribution in [2.75, 3.05) is 24.5 Å². The molecule has 2 nitrogen and oxygen atoms in total. The third-order valence-corrected chi connectivity index (χ3v) is 4.91. The van der Waals surface area contributed by atoms with Gasteiger partial charge >= 0.3 is 0 Å². The third-order valence-electron chi connectivity index (χ3n) is 4.61. The summed E-state index contributed by atoms with van der Waals surface area (Å²) in [5.74, 6) is 0. The quantitative estimate of drug-likeness (QED) is 0.907. The number of piperidine rings is 1. The van der Waals surface area contributed by atoms with E-state index in [4.69, 9.17) is 17.3 Å². The number of halogens is 1. The summed E-state index contributed by atoms with van der Waals surface area (Å²) in [7, 11) is 0. The molecule has 2 rings (SSSR count). The lowest BCUT2D eigenvalue weighted by atomic mass is 9.78. The lowest BCUT2D eigenvalue weighted by molar-refractivity contribution is 0.238. The van der Waals surface area contributed by atoms with Crippen LogP contribution in [-0.2, 0) is 6.42 Å². The molecule has 106 valence electrons. The van der Waals surface area contributed by atoms with E-state index in [1.165, 1.54) is 30.5 Å². The summed E-state index contributed by atoms with van der Waals surface area (Å²) in [6, 6.07) is 6.38. The largest absolute Gasteiger partial charge is 0.370 e. The van der Waals surface area contributed by atoms with Crippen molar-refractivity contribution in [1.82, 2.24) is 0 Å². The Hall–Kier alpha value is -0.730. The van der Waals surface area contributed by atoms with Gasteiger partial charge in [0.15, 0.2) is 0 Å². The molecule has 1 aliphatic rings. The highest BCUT2D eigenvalue weighted by atomic mass is 35.5. The molecule has 1 aliphatic heterocycles. The molecule has 0 aromatic heterocycles. The van der Waals surface area contributed by atoms with Gasteiger partial charge in [0.25, 0.3) is 0 Å². The van der Waals surface area contributed by atoms with E-state index in [2.05, 4.69) is 36.9 Å². The Balaban J connectivity index is 2.07. The molecule has 1 fully saturated rings. The van der Waals surface area contributed by atoms with Gasteiger partial charge in [0.05, 0.1) is 10.7 Å². The van der Waals surface area contributed by atoms with Crippen molar-refractivity contribution in [3.05, 3.63) is 28.8 Å². The fourth-order valence-electron chi connectivity index (χ4n) is 2.77. The van der Waals surface area contributed by atoms with Gasteiger partial charge in [-0.3, -0.25) is 0 Å². The molecule has 0 saturated carbocycles. The van der Waals surface area contributed by atoms with Crippen LogP contribution in [-0.4, -0.2) is 19.6 Å². The average molecular weight is 281 g/mol. The van der Waals surface area contributed by atoms with E-state index in [1.54, 1.807) is 0 Å². The fourth-order valence-corrected chi connectivity index (χ4v) is 3.09. The Labute approximate surface area is 121 Å². The minimum Gasteiger partial charge on any atom is -0.370 e. The first-order chi connectivity index (χ1) is 9.08. The molecule has 3 heteroatoms. The lowest BCUT2D eigenvalue weighted by Gasteiger charge is -2.40. The number of benzene rings is 1. The van der Waals surface area contributed by atoms with Gasteiger partial charge in [-0.15, -0.1) is 0 Å². The predicted molar refractivity (Wildman–Crippen MR) is 84.1 cm³/mol. The highest BCUT2D eigenvalue weighted by molar-refractivity contribution is 6.33. The number of hydrogen-bond donors (Lipinski definition) is 1. The first kappa shape index (κ1) is 14.7. The molecule has 2 N–H and O–H groups in total. The van der Waals surface area contributed by atoms with E-state index >= 15 is 0 Å². The number of nitrogens with two attached hydrogens (primary N) is 1. The first-order valence-electron chi connectivity index (χ1n) is 7.31. The Morgan fingerprint density at radius 2 is 2.00 bits per heavy atom. The van der Waals surface area contributed by atoms with Gasteiger partial charge in [-0.25, -0.2) is 0 Å². The highest BCUT2D eigenvalue weighted by Crippen LogP contribution is 2.37. The van der Waals surface area contributed by atoms with Gasteiger partial charge < -0.3 is 10.6 Å². The van der Waals surface area contributed by atoms with Crippen LogP contribution in [0.25, 0.3) is 0 Å². The predicted octanol–water partition coefficient (Wildman–Crippen LogP) is 3.86. The summed E-state index contributed by atoms with van der Waals surface area (Å²) in [6.07, 6.45) is 4.67. The van der Waals surface area contributed by atoms with Crippen LogP contribution in [0.5, 0.6) is 0 Å². The molecule has 1 aromatic rings. The first-order valence-corrected chi connectivity index (χ1v) is 7.69. The third kappa shape index (κ3) is 3.43. The number of anilines is 1. The minimum absolute atomic E-state index is 0.516. The van der Waals surface area contributed by atoms with Crippen molar-refractivity contribution < 1.29 is 0 Å². The summed E-state index contributed by atoms with van der Waals surface area (Å²) in [6.45, 7) is 7.59. The molecule has 19 heavy (non-hydrogen) atoms. The Morgan fingerprint density at radius 3 is 2.53 bits per heavy atom. The number of rotatable bonds is 4. The molecule has 0 unspecified atom stereocenters. The maximum absolute atomic E-state index is 6.42. The summed E-state index contributed by atoms with van der Waals surface area (Å²) in [4.78, 5) is 2.42. The second kappa shape index (κ2) is 6.15. The van der Waals surface area contributed by atoms with Crippen LogP contribution in [0, 0.1) is 5.41 Å². The van der Waals surface area contributed by atoms with Crippen LogP contribution in [0.15, 0.2) is 18.2 Å². The maximum Gasteiger partial charge on any atom is 0.0642 e. The summed E-state index contributed by atoms with van der Waals surface area (Å²) < 4.78 is 0. The van der Waals surface area contributed by atoms with Gasteiger partial charge in [0.1, 0.15) is 0 Å². The molecule has 0 amide bonds. The van der Waals surface area contributed by atoms with Crippen LogP contribution in [0.4, 0.5) is 5.69 Å². The smallest absolute Gasteiger partial charge is 0.0642 e. The SMILES string of the molecule is CCC1(C)CCN(c2ccc(CCN)cc2Cl)CC1. The fraction of sp³-hybridized carbons (Fsp3) is 0.625. The second-order valence-corrected chi connectivity index (χ2v) is 6.38. The molecule has 1 saturated heterocycles. The average Bonchev–Trinajstić information content (AvgIpc) is 2.41. The van der Waals surface area contributed by atoms with Crippen LogP contribution < -0.4 is 10.6 Å². The van der Waals surface area contributed by atoms with E-state index < -0.39 is 0 Å². The Kier molecular flexibility index (Phi) is 4.75. The van der Waals surface area contributed by atoms with Crippen LogP contribution in [0.2, 0.25) is 5.02 Å². The molecule has 1 aromatic carbocycles. The summed E-state index contributed by atoms with van der Waals surface area (Å²) in [5.41, 5.74) is 8.51. The molecule has 0 bridgehead atoms. The summed E-state index contributed by atoms with van der Waals surface area (Å²) >= 11 is 6.42. The van der Waals surface area contributed by atoms with Gasteiger partial charge in [-0.1, -0.05) is 37.9 Å². The zero-order valence-electron chi connectivity index (χ0n) is 12.1. The van der Waals surface area contributed by atoms with Crippen molar-refractivity contribution in [1.29, 1.82) is 0 Å². The van der Waals surface area contributed by atoms with Crippen molar-refractivity contribution in [3.8, 4) is 0 Å². The molecule has 0 aliphatic carbocycles. The zero-order chi connectivity index (χ0) is 13.9. The van der Waals surface area contributed by atoms with Crippen LogP contribution >= 0.6 is 11.6 Å². The monoisotopic (exact) mass is 280 g/mol. The normalized spacial score (nSPS) is 18.6. The number of nitrogens with zero attached hydrogens (tertiary/aromatic N) is 1. The van der Waals surface area contributed by atoms with Gasteiger partial charge in [-0.2, -0.15) is 0 Å². The Morgan fingerprint density at radius 1 is 1.32 bits per heavy atom. The van der Waals surface area contributed by atoms with E-state index in [0.29, 0.717) is 12.0 Å².